The van der Waals surface area contributed by atoms with Crippen LogP contribution < -0.4 is 0 Å². The Morgan fingerprint density at radius 3 is 2.70 bits per heavy atom. The minimum Gasteiger partial charge on any atom is -0.294 e. The van der Waals surface area contributed by atoms with Crippen molar-refractivity contribution in [3.05, 3.63) is 12.2 Å². The first-order chi connectivity index (χ1) is 4.70. The molecule has 1 atom stereocenters. The summed E-state index contributed by atoms with van der Waals surface area (Å²) in [5, 5.41) is 0. The number of rotatable bonds is 4. The van der Waals surface area contributed by atoms with Crippen molar-refractivity contribution in [2.24, 2.45) is 5.92 Å². The third-order valence-corrected chi connectivity index (χ3v) is 1.65. The van der Waals surface area contributed by atoms with Gasteiger partial charge in [-0.2, -0.15) is 0 Å². The van der Waals surface area contributed by atoms with Crippen LogP contribution in [-0.4, -0.2) is 11.7 Å². The normalized spacial score (nSPS) is 13.9. The Kier molecular flexibility index (Phi) is 5.32. The summed E-state index contributed by atoms with van der Waals surface area (Å²) in [6.07, 6.45) is 4.51. The molecular weight excluding hydrogens is 148 g/mol. The van der Waals surface area contributed by atoms with E-state index in [0.717, 1.165) is 6.42 Å². The summed E-state index contributed by atoms with van der Waals surface area (Å²) in [4.78, 5) is 10.6. The number of hydrogen-bond acceptors (Lipinski definition) is 1. The highest BCUT2D eigenvalue weighted by Gasteiger charge is 1.93. The van der Waals surface area contributed by atoms with Crippen LogP contribution in [0.2, 0.25) is 0 Å². The Labute approximate surface area is 67.1 Å². The molecule has 0 aromatic rings. The lowest BCUT2D eigenvalue weighted by atomic mass is 10.1. The van der Waals surface area contributed by atoms with Crippen molar-refractivity contribution >= 4 is 17.4 Å². The van der Waals surface area contributed by atoms with Crippen LogP contribution in [0.1, 0.15) is 20.3 Å². The quantitative estimate of drug-likeness (QED) is 0.456. The third-order valence-electron chi connectivity index (χ3n) is 1.39. The Morgan fingerprint density at radius 1 is 1.70 bits per heavy atom. The second-order valence-electron chi connectivity index (χ2n) is 2.34. The third kappa shape index (κ3) is 4.57. The van der Waals surface area contributed by atoms with Gasteiger partial charge in [0.15, 0.2) is 5.78 Å². The molecule has 1 unspecified atom stereocenters. The molecule has 0 aliphatic rings. The van der Waals surface area contributed by atoms with Gasteiger partial charge in [-0.15, -0.1) is 11.6 Å². The van der Waals surface area contributed by atoms with E-state index < -0.39 is 0 Å². The molecule has 0 aliphatic heterocycles. The standard InChI is InChI=1S/C8H13ClO/c1-3-7(2)4-5-8(10)6-9/h4-5,7H,3,6H2,1-2H3/b5-4+. The van der Waals surface area contributed by atoms with Gasteiger partial charge in [0, 0.05) is 0 Å². The van der Waals surface area contributed by atoms with Crippen molar-refractivity contribution in [2.75, 3.05) is 5.88 Å². The summed E-state index contributed by atoms with van der Waals surface area (Å²) in [7, 11) is 0. The number of carbonyl (C=O) groups excluding carboxylic acids is 1. The average Bonchev–Trinajstić information content (AvgIpc) is 1.99. The van der Waals surface area contributed by atoms with E-state index in [1.165, 1.54) is 0 Å². The van der Waals surface area contributed by atoms with E-state index in [1.54, 1.807) is 6.08 Å². The van der Waals surface area contributed by atoms with Gasteiger partial charge in [0.2, 0.25) is 0 Å². The average molecular weight is 161 g/mol. The molecule has 2 heteroatoms. The molecule has 10 heavy (non-hydrogen) atoms. The monoisotopic (exact) mass is 160 g/mol. The lowest BCUT2D eigenvalue weighted by Gasteiger charge is -1.97. The van der Waals surface area contributed by atoms with Gasteiger partial charge >= 0.3 is 0 Å². The first-order valence-corrected chi connectivity index (χ1v) is 4.01. The van der Waals surface area contributed by atoms with Gasteiger partial charge in [-0.3, -0.25) is 4.79 Å². The highest BCUT2D eigenvalue weighted by molar-refractivity contribution is 6.29. The predicted molar refractivity (Wildman–Crippen MR) is 44.3 cm³/mol. The minimum atomic E-state index is -0.0121. The van der Waals surface area contributed by atoms with Gasteiger partial charge < -0.3 is 0 Å². The molecule has 1 nitrogen and oxygen atoms in total. The summed E-state index contributed by atoms with van der Waals surface area (Å²) in [5.74, 6) is 0.557. The SMILES string of the molecule is CCC(C)/C=C/C(=O)CCl. The van der Waals surface area contributed by atoms with Crippen LogP contribution in [-0.2, 0) is 4.79 Å². The first kappa shape index (κ1) is 9.70. The van der Waals surface area contributed by atoms with Gasteiger partial charge in [0.25, 0.3) is 0 Å². The highest BCUT2D eigenvalue weighted by atomic mass is 35.5. The maximum atomic E-state index is 10.6. The second kappa shape index (κ2) is 5.48. The number of carbonyl (C=O) groups is 1. The van der Waals surface area contributed by atoms with Gasteiger partial charge in [-0.1, -0.05) is 26.3 Å². The van der Waals surface area contributed by atoms with E-state index in [1.807, 2.05) is 6.08 Å². The number of hydrogen-bond donors (Lipinski definition) is 0. The fraction of sp³-hybridized carbons (Fsp3) is 0.625. The molecule has 0 fully saturated rings. The fourth-order valence-electron chi connectivity index (χ4n) is 0.452. The largest absolute Gasteiger partial charge is 0.294 e. The molecular formula is C8H13ClO. The van der Waals surface area contributed by atoms with Gasteiger partial charge in [0.05, 0.1) is 5.88 Å². The number of halogens is 1. The number of ketones is 1. The lowest BCUT2D eigenvalue weighted by molar-refractivity contribution is -0.112. The molecule has 0 aromatic carbocycles. The molecule has 0 rings (SSSR count). The van der Waals surface area contributed by atoms with Crippen molar-refractivity contribution < 1.29 is 4.79 Å². The summed E-state index contributed by atoms with van der Waals surface area (Å²) >= 11 is 5.28. The molecule has 0 amide bonds. The smallest absolute Gasteiger partial charge is 0.170 e. The molecule has 58 valence electrons. The molecule has 0 aromatic heterocycles. The Balaban J connectivity index is 3.63. The number of alkyl halides is 1. The summed E-state index contributed by atoms with van der Waals surface area (Å²) in [6, 6.07) is 0. The van der Waals surface area contributed by atoms with E-state index in [0.29, 0.717) is 5.92 Å². The van der Waals surface area contributed by atoms with Crippen LogP contribution in [0.3, 0.4) is 0 Å². The highest BCUT2D eigenvalue weighted by Crippen LogP contribution is 2.01. The molecule has 0 aliphatic carbocycles. The van der Waals surface area contributed by atoms with Crippen molar-refractivity contribution in [2.45, 2.75) is 20.3 Å². The van der Waals surface area contributed by atoms with Crippen molar-refractivity contribution in [3.8, 4) is 0 Å². The van der Waals surface area contributed by atoms with Crippen LogP contribution in [0.15, 0.2) is 12.2 Å². The van der Waals surface area contributed by atoms with Crippen molar-refractivity contribution in [1.29, 1.82) is 0 Å². The molecule has 0 bridgehead atoms. The molecule has 0 saturated carbocycles. The zero-order valence-corrected chi connectivity index (χ0v) is 7.19. The second-order valence-corrected chi connectivity index (χ2v) is 2.61. The minimum absolute atomic E-state index is 0.0121. The molecule has 0 heterocycles. The Bertz CT molecular complexity index is 129. The maximum absolute atomic E-state index is 10.6. The Morgan fingerprint density at radius 2 is 2.30 bits per heavy atom. The van der Waals surface area contributed by atoms with Crippen LogP contribution in [0, 0.1) is 5.92 Å². The van der Waals surface area contributed by atoms with Gasteiger partial charge in [-0.05, 0) is 12.0 Å². The summed E-state index contributed by atoms with van der Waals surface area (Å²) in [5.41, 5.74) is 0. The van der Waals surface area contributed by atoms with Crippen LogP contribution >= 0.6 is 11.6 Å². The summed E-state index contributed by atoms with van der Waals surface area (Å²) < 4.78 is 0. The van der Waals surface area contributed by atoms with Crippen LogP contribution in [0.5, 0.6) is 0 Å². The zero-order valence-electron chi connectivity index (χ0n) is 6.43. The zero-order chi connectivity index (χ0) is 7.98. The van der Waals surface area contributed by atoms with Crippen molar-refractivity contribution in [3.63, 3.8) is 0 Å². The lowest BCUT2D eigenvalue weighted by Crippen LogP contribution is -1.94. The topological polar surface area (TPSA) is 17.1 Å². The predicted octanol–water partition coefficient (Wildman–Crippen LogP) is 2.40. The van der Waals surface area contributed by atoms with E-state index in [9.17, 15) is 4.79 Å². The number of allylic oxidation sites excluding steroid dienone is 2. The first-order valence-electron chi connectivity index (χ1n) is 3.47. The van der Waals surface area contributed by atoms with Crippen LogP contribution in [0.4, 0.5) is 0 Å². The van der Waals surface area contributed by atoms with E-state index in [4.69, 9.17) is 11.6 Å². The van der Waals surface area contributed by atoms with Crippen molar-refractivity contribution in [1.82, 2.24) is 0 Å². The molecule has 0 radical (unpaired) electrons. The van der Waals surface area contributed by atoms with E-state index in [-0.39, 0.29) is 11.7 Å². The molecule has 0 N–H and O–H groups in total. The van der Waals surface area contributed by atoms with Gasteiger partial charge in [-0.25, -0.2) is 0 Å². The van der Waals surface area contributed by atoms with Gasteiger partial charge in [0.1, 0.15) is 0 Å². The summed E-state index contributed by atoms with van der Waals surface area (Å²) in [6.45, 7) is 4.15. The molecule has 0 spiro atoms. The maximum Gasteiger partial charge on any atom is 0.170 e. The Hall–Kier alpha value is -0.300. The molecule has 0 saturated heterocycles. The van der Waals surface area contributed by atoms with Crippen LogP contribution in [0.25, 0.3) is 0 Å². The fourth-order valence-corrected chi connectivity index (χ4v) is 0.541. The van der Waals surface area contributed by atoms with E-state index >= 15 is 0 Å². The van der Waals surface area contributed by atoms with E-state index in [2.05, 4.69) is 13.8 Å².